The van der Waals surface area contributed by atoms with Gasteiger partial charge < -0.3 is 9.47 Å². The topological polar surface area (TPSA) is 60.5 Å². The molecule has 1 N–H and O–H groups in total. The molecule has 2 aromatic carbocycles. The van der Waals surface area contributed by atoms with Crippen molar-refractivity contribution < 1.29 is 14.3 Å². The molecule has 0 aliphatic rings. The Morgan fingerprint density at radius 1 is 1.08 bits per heavy atom. The summed E-state index contributed by atoms with van der Waals surface area (Å²) in [6, 6.07) is 17.0. The van der Waals surface area contributed by atoms with Crippen molar-refractivity contribution in [1.29, 1.82) is 0 Å². The van der Waals surface area contributed by atoms with Crippen LogP contribution in [0, 0.1) is 6.92 Å². The fourth-order valence-corrected chi connectivity index (χ4v) is 3.14. The van der Waals surface area contributed by atoms with Crippen LogP contribution >= 0.6 is 11.3 Å². The molecule has 0 atom stereocenters. The fraction of sp³-hybridized carbons (Fsp3) is 0.158. The zero-order valence-electron chi connectivity index (χ0n) is 14.0. The van der Waals surface area contributed by atoms with E-state index in [4.69, 9.17) is 9.47 Å². The first kappa shape index (κ1) is 17.0. The number of nitrogens with one attached hydrogen (secondary N) is 1. The van der Waals surface area contributed by atoms with Gasteiger partial charge in [0.15, 0.2) is 11.7 Å². The number of amides is 1. The van der Waals surface area contributed by atoms with Crippen LogP contribution in [0.2, 0.25) is 0 Å². The van der Waals surface area contributed by atoms with Crippen LogP contribution in [0.1, 0.15) is 4.88 Å². The first-order valence-corrected chi connectivity index (χ1v) is 8.57. The second-order valence-corrected chi connectivity index (χ2v) is 6.51. The Hall–Kier alpha value is -2.86. The van der Waals surface area contributed by atoms with Crippen molar-refractivity contribution in [3.05, 3.63) is 59.5 Å². The van der Waals surface area contributed by atoms with Crippen LogP contribution in [0.5, 0.6) is 11.5 Å². The van der Waals surface area contributed by atoms with Crippen LogP contribution in [0.4, 0.5) is 5.13 Å². The summed E-state index contributed by atoms with van der Waals surface area (Å²) in [4.78, 5) is 17.6. The number of benzene rings is 2. The van der Waals surface area contributed by atoms with Crippen LogP contribution in [0.3, 0.4) is 0 Å². The molecule has 0 unspecified atom stereocenters. The number of methoxy groups -OCH3 is 1. The largest absolute Gasteiger partial charge is 0.497 e. The first-order valence-electron chi connectivity index (χ1n) is 7.75. The summed E-state index contributed by atoms with van der Waals surface area (Å²) in [7, 11) is 1.60. The Labute approximate surface area is 150 Å². The number of carbonyl (C=O) groups is 1. The minimum atomic E-state index is -0.246. The van der Waals surface area contributed by atoms with E-state index in [1.54, 1.807) is 31.4 Å². The molecule has 1 heterocycles. The highest BCUT2D eigenvalue weighted by Crippen LogP contribution is 2.30. The molecule has 0 aliphatic carbocycles. The van der Waals surface area contributed by atoms with Crippen molar-refractivity contribution >= 4 is 22.4 Å². The Kier molecular flexibility index (Phi) is 5.30. The molecule has 1 amide bonds. The van der Waals surface area contributed by atoms with Gasteiger partial charge in [0, 0.05) is 10.4 Å². The third kappa shape index (κ3) is 4.36. The fourth-order valence-electron chi connectivity index (χ4n) is 2.29. The minimum absolute atomic E-state index is 0.0778. The molecule has 128 valence electrons. The van der Waals surface area contributed by atoms with Gasteiger partial charge in [-0.2, -0.15) is 0 Å². The van der Waals surface area contributed by atoms with E-state index in [1.807, 2.05) is 37.3 Å². The highest BCUT2D eigenvalue weighted by molar-refractivity contribution is 7.16. The number of aryl methyl sites for hydroxylation is 1. The summed E-state index contributed by atoms with van der Waals surface area (Å²) in [5.74, 6) is 1.10. The average molecular weight is 354 g/mol. The predicted molar refractivity (Wildman–Crippen MR) is 99.4 cm³/mol. The van der Waals surface area contributed by atoms with Gasteiger partial charge in [-0.15, -0.1) is 11.3 Å². The summed E-state index contributed by atoms with van der Waals surface area (Å²) in [5.41, 5.74) is 1.92. The van der Waals surface area contributed by atoms with E-state index in [0.29, 0.717) is 10.9 Å². The Morgan fingerprint density at radius 3 is 2.44 bits per heavy atom. The van der Waals surface area contributed by atoms with E-state index in [-0.39, 0.29) is 12.5 Å². The van der Waals surface area contributed by atoms with Crippen molar-refractivity contribution in [2.75, 3.05) is 19.0 Å². The number of rotatable bonds is 6. The lowest BCUT2D eigenvalue weighted by Crippen LogP contribution is -2.20. The Morgan fingerprint density at radius 2 is 1.76 bits per heavy atom. The number of anilines is 1. The van der Waals surface area contributed by atoms with Crippen molar-refractivity contribution in [2.24, 2.45) is 0 Å². The molecule has 0 saturated carbocycles. The highest BCUT2D eigenvalue weighted by Gasteiger charge is 2.12. The third-order valence-corrected chi connectivity index (χ3v) is 4.41. The molecule has 3 rings (SSSR count). The number of nitrogens with zero attached hydrogens (tertiary/aromatic N) is 1. The van der Waals surface area contributed by atoms with Gasteiger partial charge in [0.1, 0.15) is 11.5 Å². The molecule has 0 spiro atoms. The van der Waals surface area contributed by atoms with Gasteiger partial charge in [0.05, 0.1) is 12.8 Å². The van der Waals surface area contributed by atoms with Gasteiger partial charge in [-0.1, -0.05) is 30.3 Å². The smallest absolute Gasteiger partial charge is 0.264 e. The quantitative estimate of drug-likeness (QED) is 0.722. The molecule has 1 aromatic heterocycles. The van der Waals surface area contributed by atoms with E-state index >= 15 is 0 Å². The van der Waals surface area contributed by atoms with E-state index < -0.39 is 0 Å². The monoisotopic (exact) mass is 354 g/mol. The number of ether oxygens (including phenoxy) is 2. The van der Waals surface area contributed by atoms with Crippen LogP contribution in [-0.4, -0.2) is 24.6 Å². The van der Waals surface area contributed by atoms with Crippen LogP contribution in [0.15, 0.2) is 54.6 Å². The standard InChI is InChI=1S/C19H18N2O3S/c1-13-18(14-6-4-3-5-7-14)21-19(25-13)20-17(22)12-24-16-10-8-15(23-2)9-11-16/h3-11H,12H2,1-2H3,(H,20,21,22). The Bertz CT molecular complexity index is 845. The summed E-state index contributed by atoms with van der Waals surface area (Å²) in [6.45, 7) is 1.91. The average Bonchev–Trinajstić information content (AvgIpc) is 3.01. The lowest BCUT2D eigenvalue weighted by atomic mass is 10.1. The molecule has 3 aromatic rings. The maximum Gasteiger partial charge on any atom is 0.264 e. The second kappa shape index (κ2) is 7.81. The van der Waals surface area contributed by atoms with Crippen LogP contribution < -0.4 is 14.8 Å². The summed E-state index contributed by atoms with van der Waals surface area (Å²) in [5, 5.41) is 3.35. The summed E-state index contributed by atoms with van der Waals surface area (Å²) < 4.78 is 10.6. The lowest BCUT2D eigenvalue weighted by molar-refractivity contribution is -0.118. The zero-order valence-corrected chi connectivity index (χ0v) is 14.8. The number of thiazole rings is 1. The van der Waals surface area contributed by atoms with E-state index in [2.05, 4.69) is 10.3 Å². The van der Waals surface area contributed by atoms with Crippen molar-refractivity contribution in [2.45, 2.75) is 6.92 Å². The van der Waals surface area contributed by atoms with Crippen molar-refractivity contribution in [3.8, 4) is 22.8 Å². The molecule has 0 radical (unpaired) electrons. The number of aromatic nitrogens is 1. The summed E-state index contributed by atoms with van der Waals surface area (Å²) >= 11 is 1.45. The molecule has 6 heteroatoms. The van der Waals surface area contributed by atoms with Gasteiger partial charge in [-0.3, -0.25) is 10.1 Å². The first-order chi connectivity index (χ1) is 12.2. The van der Waals surface area contributed by atoms with E-state index in [1.165, 1.54) is 11.3 Å². The van der Waals surface area contributed by atoms with Crippen LogP contribution in [0.25, 0.3) is 11.3 Å². The molecule has 5 nitrogen and oxygen atoms in total. The normalized spacial score (nSPS) is 10.3. The van der Waals surface area contributed by atoms with E-state index in [0.717, 1.165) is 21.9 Å². The molecule has 0 aliphatic heterocycles. The van der Waals surface area contributed by atoms with Gasteiger partial charge in [0.25, 0.3) is 5.91 Å². The molecule has 0 bridgehead atoms. The van der Waals surface area contributed by atoms with Crippen molar-refractivity contribution in [1.82, 2.24) is 4.98 Å². The second-order valence-electron chi connectivity index (χ2n) is 5.30. The SMILES string of the molecule is COc1ccc(OCC(=O)Nc2nc(-c3ccccc3)c(C)s2)cc1. The number of carbonyl (C=O) groups excluding carboxylic acids is 1. The predicted octanol–water partition coefficient (Wildman–Crippen LogP) is 4.14. The lowest BCUT2D eigenvalue weighted by Gasteiger charge is -2.06. The number of hydrogen-bond donors (Lipinski definition) is 1. The summed E-state index contributed by atoms with van der Waals surface area (Å²) in [6.07, 6.45) is 0. The van der Waals surface area contributed by atoms with Gasteiger partial charge in [-0.25, -0.2) is 4.98 Å². The Balaban J connectivity index is 1.59. The molecule has 25 heavy (non-hydrogen) atoms. The molecular formula is C19H18N2O3S. The highest BCUT2D eigenvalue weighted by atomic mass is 32.1. The zero-order chi connectivity index (χ0) is 17.6. The van der Waals surface area contributed by atoms with Gasteiger partial charge >= 0.3 is 0 Å². The van der Waals surface area contributed by atoms with Crippen LogP contribution in [-0.2, 0) is 4.79 Å². The molecule has 0 fully saturated rings. The van der Waals surface area contributed by atoms with Gasteiger partial charge in [-0.05, 0) is 31.2 Å². The minimum Gasteiger partial charge on any atom is -0.497 e. The maximum absolute atomic E-state index is 12.1. The van der Waals surface area contributed by atoms with Gasteiger partial charge in [0.2, 0.25) is 0 Å². The van der Waals surface area contributed by atoms with E-state index in [9.17, 15) is 4.79 Å². The van der Waals surface area contributed by atoms with Crippen molar-refractivity contribution in [3.63, 3.8) is 0 Å². The number of hydrogen-bond acceptors (Lipinski definition) is 5. The third-order valence-electron chi connectivity index (χ3n) is 3.52. The molecular weight excluding hydrogens is 336 g/mol. The maximum atomic E-state index is 12.1. The molecule has 0 saturated heterocycles.